The van der Waals surface area contributed by atoms with Crippen LogP contribution in [0.15, 0.2) is 24.3 Å². The Balaban J connectivity index is 1.77. The number of phenolic OH excluding ortho intramolecular Hbond substituents is 1. The van der Waals surface area contributed by atoms with Crippen LogP contribution < -0.4 is 16.4 Å². The smallest absolute Gasteiger partial charge is 0.243 e. The molecule has 2 rings (SSSR count). The number of rotatable bonds is 10. The topological polar surface area (TPSA) is 122 Å². The maximum atomic E-state index is 12.4. The number of carbonyl (C=O) groups excluding carboxylic acids is 3. The first-order valence-corrected chi connectivity index (χ1v) is 10.1. The van der Waals surface area contributed by atoms with Crippen LogP contribution in [0.1, 0.15) is 56.9 Å². The number of benzene rings is 1. The lowest BCUT2D eigenvalue weighted by atomic mass is 9.86. The highest BCUT2D eigenvalue weighted by molar-refractivity contribution is 5.91. The van der Waals surface area contributed by atoms with Gasteiger partial charge in [-0.25, -0.2) is 0 Å². The van der Waals surface area contributed by atoms with Crippen LogP contribution in [0.25, 0.3) is 0 Å². The average molecular weight is 389 g/mol. The molecule has 1 aromatic carbocycles. The third-order valence-corrected chi connectivity index (χ3v) is 5.21. The molecule has 1 atom stereocenters. The third-order valence-electron chi connectivity index (χ3n) is 5.21. The van der Waals surface area contributed by atoms with Gasteiger partial charge in [-0.1, -0.05) is 44.2 Å². The molecule has 0 aliphatic heterocycles. The van der Waals surface area contributed by atoms with Crippen molar-refractivity contribution in [1.29, 1.82) is 0 Å². The van der Waals surface area contributed by atoms with E-state index < -0.39 is 17.9 Å². The van der Waals surface area contributed by atoms with Crippen molar-refractivity contribution in [2.75, 3.05) is 6.54 Å². The van der Waals surface area contributed by atoms with Crippen LogP contribution in [0.5, 0.6) is 5.75 Å². The summed E-state index contributed by atoms with van der Waals surface area (Å²) in [7, 11) is 0. The molecule has 0 saturated heterocycles. The Bertz CT molecular complexity index is 654. The molecule has 1 aliphatic carbocycles. The molecule has 0 spiro atoms. The minimum Gasteiger partial charge on any atom is -0.508 e. The fourth-order valence-corrected chi connectivity index (χ4v) is 3.60. The summed E-state index contributed by atoms with van der Waals surface area (Å²) < 4.78 is 0. The van der Waals surface area contributed by atoms with Gasteiger partial charge in [0.1, 0.15) is 11.8 Å². The van der Waals surface area contributed by atoms with Gasteiger partial charge in [-0.15, -0.1) is 0 Å². The summed E-state index contributed by atoms with van der Waals surface area (Å²) in [6.07, 6.45) is 7.57. The molecule has 5 N–H and O–H groups in total. The monoisotopic (exact) mass is 389 g/mol. The average Bonchev–Trinajstić information content (AvgIpc) is 2.68. The normalized spacial score (nSPS) is 15.6. The van der Waals surface area contributed by atoms with Crippen LogP contribution in [-0.2, 0) is 20.8 Å². The van der Waals surface area contributed by atoms with Gasteiger partial charge < -0.3 is 21.5 Å². The largest absolute Gasteiger partial charge is 0.508 e. The fourth-order valence-electron chi connectivity index (χ4n) is 3.60. The molecule has 0 heterocycles. The Hall–Kier alpha value is -2.57. The van der Waals surface area contributed by atoms with Gasteiger partial charge >= 0.3 is 0 Å². The summed E-state index contributed by atoms with van der Waals surface area (Å²) in [5.41, 5.74) is 6.20. The highest BCUT2D eigenvalue weighted by atomic mass is 16.3. The van der Waals surface area contributed by atoms with Crippen LogP contribution in [0, 0.1) is 5.92 Å². The highest BCUT2D eigenvalue weighted by Crippen LogP contribution is 2.27. The van der Waals surface area contributed by atoms with E-state index in [1.807, 2.05) is 0 Å². The number of nitrogens with one attached hydrogen (secondary N) is 2. The van der Waals surface area contributed by atoms with Gasteiger partial charge in [0.05, 0.1) is 6.42 Å². The lowest BCUT2D eigenvalue weighted by molar-refractivity contribution is -0.131. The van der Waals surface area contributed by atoms with Crippen LogP contribution >= 0.6 is 0 Å². The number of aromatic hydroxyl groups is 1. The van der Waals surface area contributed by atoms with Crippen LogP contribution in [-0.4, -0.2) is 35.4 Å². The standard InChI is InChI=1S/C21H31N3O4/c22-19(26)14-18(24-20(27)11-8-15-4-2-1-3-5-15)21(28)23-13-12-16-6-9-17(25)10-7-16/h6-7,9-10,15,18,25H,1-5,8,11-14H2,(H2,22,26)(H,23,28)(H,24,27). The molecule has 7 nitrogen and oxygen atoms in total. The first kappa shape index (κ1) is 21.7. The van der Waals surface area contributed by atoms with Gasteiger partial charge in [0.15, 0.2) is 0 Å². The van der Waals surface area contributed by atoms with Crippen molar-refractivity contribution in [3.8, 4) is 5.75 Å². The van der Waals surface area contributed by atoms with Gasteiger partial charge in [-0.3, -0.25) is 14.4 Å². The second-order valence-electron chi connectivity index (χ2n) is 7.54. The number of amides is 3. The molecule has 3 amide bonds. The molecule has 0 radical (unpaired) electrons. The van der Waals surface area contributed by atoms with E-state index in [4.69, 9.17) is 5.73 Å². The molecular formula is C21H31N3O4. The van der Waals surface area contributed by atoms with E-state index >= 15 is 0 Å². The van der Waals surface area contributed by atoms with Crippen molar-refractivity contribution in [1.82, 2.24) is 10.6 Å². The van der Waals surface area contributed by atoms with E-state index in [9.17, 15) is 19.5 Å². The summed E-state index contributed by atoms with van der Waals surface area (Å²) >= 11 is 0. The number of nitrogens with two attached hydrogens (primary N) is 1. The number of carbonyl (C=O) groups is 3. The molecule has 154 valence electrons. The Morgan fingerprint density at radius 1 is 1.11 bits per heavy atom. The van der Waals surface area contributed by atoms with Crippen molar-refractivity contribution in [2.45, 2.75) is 63.8 Å². The highest BCUT2D eigenvalue weighted by Gasteiger charge is 2.23. The van der Waals surface area contributed by atoms with Crippen molar-refractivity contribution in [3.05, 3.63) is 29.8 Å². The lowest BCUT2D eigenvalue weighted by Gasteiger charge is -2.22. The van der Waals surface area contributed by atoms with E-state index in [2.05, 4.69) is 10.6 Å². The van der Waals surface area contributed by atoms with Gasteiger partial charge in [-0.2, -0.15) is 0 Å². The predicted octanol–water partition coefficient (Wildman–Crippen LogP) is 1.77. The van der Waals surface area contributed by atoms with Crippen molar-refractivity contribution >= 4 is 17.7 Å². The van der Waals surface area contributed by atoms with Crippen molar-refractivity contribution < 1.29 is 19.5 Å². The van der Waals surface area contributed by atoms with Crippen LogP contribution in [0.3, 0.4) is 0 Å². The Morgan fingerprint density at radius 3 is 2.43 bits per heavy atom. The molecule has 7 heteroatoms. The molecule has 28 heavy (non-hydrogen) atoms. The Morgan fingerprint density at radius 2 is 1.79 bits per heavy atom. The quantitative estimate of drug-likeness (QED) is 0.487. The zero-order valence-electron chi connectivity index (χ0n) is 16.3. The zero-order valence-corrected chi connectivity index (χ0v) is 16.3. The summed E-state index contributed by atoms with van der Waals surface area (Å²) in [5.74, 6) is -0.501. The van der Waals surface area contributed by atoms with Gasteiger partial charge in [0, 0.05) is 13.0 Å². The van der Waals surface area contributed by atoms with Gasteiger partial charge in [0.2, 0.25) is 17.7 Å². The maximum absolute atomic E-state index is 12.4. The minimum atomic E-state index is -0.948. The summed E-state index contributed by atoms with van der Waals surface area (Å²) in [5, 5.41) is 14.7. The van der Waals surface area contributed by atoms with Gasteiger partial charge in [0.25, 0.3) is 0 Å². The zero-order chi connectivity index (χ0) is 20.4. The first-order valence-electron chi connectivity index (χ1n) is 10.1. The molecule has 1 aliphatic rings. The Labute approximate surface area is 166 Å². The van der Waals surface area contributed by atoms with E-state index in [0.717, 1.165) is 24.8 Å². The van der Waals surface area contributed by atoms with Crippen LogP contribution in [0.2, 0.25) is 0 Å². The second-order valence-corrected chi connectivity index (χ2v) is 7.54. The molecule has 1 saturated carbocycles. The molecule has 1 fully saturated rings. The minimum absolute atomic E-state index is 0.185. The lowest BCUT2D eigenvalue weighted by Crippen LogP contribution is -2.49. The number of phenols is 1. The number of primary amides is 1. The molecular weight excluding hydrogens is 358 g/mol. The van der Waals surface area contributed by atoms with Gasteiger partial charge in [-0.05, 0) is 36.5 Å². The number of hydrogen-bond acceptors (Lipinski definition) is 4. The second kappa shape index (κ2) is 11.3. The van der Waals surface area contributed by atoms with E-state index in [1.165, 1.54) is 19.3 Å². The van der Waals surface area contributed by atoms with Crippen molar-refractivity contribution in [2.24, 2.45) is 11.7 Å². The Kier molecular flexibility index (Phi) is 8.78. The summed E-state index contributed by atoms with van der Waals surface area (Å²) in [4.78, 5) is 35.9. The molecule has 0 aromatic heterocycles. The maximum Gasteiger partial charge on any atom is 0.243 e. The summed E-state index contributed by atoms with van der Waals surface area (Å²) in [6.45, 7) is 0.358. The third kappa shape index (κ3) is 7.98. The SMILES string of the molecule is NC(=O)CC(NC(=O)CCC1CCCCC1)C(=O)NCCc1ccc(O)cc1. The molecule has 1 aromatic rings. The summed E-state index contributed by atoms with van der Waals surface area (Å²) in [6, 6.07) is 5.76. The first-order chi connectivity index (χ1) is 13.4. The van der Waals surface area contributed by atoms with E-state index in [0.29, 0.717) is 25.3 Å². The molecule has 0 bridgehead atoms. The predicted molar refractivity (Wildman–Crippen MR) is 106 cm³/mol. The fraction of sp³-hybridized carbons (Fsp3) is 0.571. The van der Waals surface area contributed by atoms with Crippen molar-refractivity contribution in [3.63, 3.8) is 0 Å². The van der Waals surface area contributed by atoms with E-state index in [1.54, 1.807) is 24.3 Å². The van der Waals surface area contributed by atoms with E-state index in [-0.39, 0.29) is 18.1 Å². The van der Waals surface area contributed by atoms with Crippen LogP contribution in [0.4, 0.5) is 0 Å². The number of hydrogen-bond donors (Lipinski definition) is 4. The molecule has 1 unspecified atom stereocenters.